The average Bonchev–Trinajstić information content (AvgIpc) is 3.09. The van der Waals surface area contributed by atoms with Gasteiger partial charge in [-0.1, -0.05) is 29.8 Å². The molecule has 2 N–H and O–H groups in total. The normalized spacial score (nSPS) is 14.0. The van der Waals surface area contributed by atoms with Crippen LogP contribution in [-0.2, 0) is 21.2 Å². The maximum atomic E-state index is 12.4. The summed E-state index contributed by atoms with van der Waals surface area (Å²) in [6, 6.07) is 13.1. The Hall–Kier alpha value is -2.38. The number of benzene rings is 2. The van der Waals surface area contributed by atoms with Gasteiger partial charge in [-0.15, -0.1) is 0 Å². The summed E-state index contributed by atoms with van der Waals surface area (Å²) in [5.74, 6) is 0.233. The number of carbonyl (C=O) groups excluding carboxylic acids is 1. The second-order valence-electron chi connectivity index (χ2n) is 5.92. The first-order valence-electron chi connectivity index (χ1n) is 8.13. The number of halogens is 1. The maximum absolute atomic E-state index is 12.4. The molecular formula is C18H18ClN3O3S. The monoisotopic (exact) mass is 391 g/mol. The molecule has 0 radical (unpaired) electrons. The van der Waals surface area contributed by atoms with Gasteiger partial charge in [0.25, 0.3) is 10.0 Å². The molecule has 0 aromatic heterocycles. The highest BCUT2D eigenvalue weighted by molar-refractivity contribution is 7.90. The van der Waals surface area contributed by atoms with E-state index in [1.165, 1.54) is 12.1 Å². The molecule has 0 atom stereocenters. The van der Waals surface area contributed by atoms with Crippen LogP contribution in [-0.4, -0.2) is 26.7 Å². The van der Waals surface area contributed by atoms with Gasteiger partial charge in [0, 0.05) is 23.7 Å². The number of nitrogens with one attached hydrogen (secondary N) is 2. The topological polar surface area (TPSA) is 87.6 Å². The zero-order chi connectivity index (χ0) is 18.6. The number of hydrogen-bond acceptors (Lipinski definition) is 4. The Morgan fingerprint density at radius 1 is 1.15 bits per heavy atom. The Morgan fingerprint density at radius 2 is 1.92 bits per heavy atom. The first-order chi connectivity index (χ1) is 12.4. The summed E-state index contributed by atoms with van der Waals surface area (Å²) in [5, 5.41) is 3.32. The van der Waals surface area contributed by atoms with Crippen molar-refractivity contribution in [3.05, 3.63) is 59.1 Å². The van der Waals surface area contributed by atoms with E-state index >= 15 is 0 Å². The van der Waals surface area contributed by atoms with Crippen LogP contribution in [0.5, 0.6) is 0 Å². The second kappa shape index (κ2) is 7.88. The van der Waals surface area contributed by atoms with Crippen molar-refractivity contribution in [3.8, 4) is 0 Å². The van der Waals surface area contributed by atoms with E-state index in [1.54, 1.807) is 36.4 Å². The van der Waals surface area contributed by atoms with Gasteiger partial charge in [-0.2, -0.15) is 0 Å². The number of aliphatic imine (C=N–C) groups is 1. The number of nitrogens with zero attached hydrogens (tertiary/aromatic N) is 1. The second-order valence-corrected chi connectivity index (χ2v) is 8.04. The van der Waals surface area contributed by atoms with Crippen LogP contribution in [0.1, 0.15) is 18.4 Å². The summed E-state index contributed by atoms with van der Waals surface area (Å²) in [4.78, 5) is 16.4. The molecule has 8 heteroatoms. The van der Waals surface area contributed by atoms with E-state index < -0.39 is 10.0 Å². The lowest BCUT2D eigenvalue weighted by atomic mass is 10.1. The lowest BCUT2D eigenvalue weighted by Gasteiger charge is -2.10. The lowest BCUT2D eigenvalue weighted by Crippen LogP contribution is -2.29. The summed E-state index contributed by atoms with van der Waals surface area (Å²) >= 11 is 5.83. The number of carbonyl (C=O) groups is 1. The molecule has 2 aromatic rings. The van der Waals surface area contributed by atoms with Crippen molar-refractivity contribution in [2.24, 2.45) is 4.99 Å². The van der Waals surface area contributed by atoms with E-state index in [0.717, 1.165) is 12.0 Å². The largest absolute Gasteiger partial charge is 0.326 e. The molecule has 26 heavy (non-hydrogen) atoms. The van der Waals surface area contributed by atoms with Gasteiger partial charge in [0.2, 0.25) is 5.91 Å². The molecule has 0 bridgehead atoms. The highest BCUT2D eigenvalue weighted by Crippen LogP contribution is 2.17. The molecule has 6 nitrogen and oxygen atoms in total. The van der Waals surface area contributed by atoms with E-state index in [4.69, 9.17) is 11.6 Å². The third kappa shape index (κ3) is 4.83. The molecule has 0 saturated heterocycles. The molecule has 0 saturated carbocycles. The Kier molecular flexibility index (Phi) is 5.58. The third-order valence-corrected chi connectivity index (χ3v) is 5.46. The van der Waals surface area contributed by atoms with Crippen LogP contribution >= 0.6 is 11.6 Å². The predicted molar refractivity (Wildman–Crippen MR) is 102 cm³/mol. The minimum Gasteiger partial charge on any atom is -0.326 e. The van der Waals surface area contributed by atoms with Crippen molar-refractivity contribution >= 4 is 39.1 Å². The SMILES string of the molecule is O=C(Cc1ccc(Cl)cc1)Nc1cccc(S(=O)(=O)NC2=NCCC2)c1. The maximum Gasteiger partial charge on any atom is 0.262 e. The zero-order valence-electron chi connectivity index (χ0n) is 13.9. The molecule has 1 amide bonds. The number of amides is 1. The Morgan fingerprint density at radius 3 is 2.62 bits per heavy atom. The molecule has 3 rings (SSSR count). The van der Waals surface area contributed by atoms with Gasteiger partial charge in [-0.3, -0.25) is 14.5 Å². The van der Waals surface area contributed by atoms with E-state index in [0.29, 0.717) is 29.5 Å². The van der Waals surface area contributed by atoms with E-state index in [1.807, 2.05) is 0 Å². The first-order valence-corrected chi connectivity index (χ1v) is 9.99. The van der Waals surface area contributed by atoms with Crippen LogP contribution in [0.15, 0.2) is 58.4 Å². The van der Waals surface area contributed by atoms with Crippen LogP contribution < -0.4 is 10.0 Å². The van der Waals surface area contributed by atoms with Crippen molar-refractivity contribution in [3.63, 3.8) is 0 Å². The minimum atomic E-state index is -3.71. The summed E-state index contributed by atoms with van der Waals surface area (Å²) in [5.41, 5.74) is 1.23. The molecule has 0 aliphatic carbocycles. The highest BCUT2D eigenvalue weighted by Gasteiger charge is 2.18. The van der Waals surface area contributed by atoms with Crippen molar-refractivity contribution in [1.29, 1.82) is 0 Å². The molecular weight excluding hydrogens is 374 g/mol. The Balaban J connectivity index is 1.68. The summed E-state index contributed by atoms with van der Waals surface area (Å²) in [7, 11) is -3.71. The summed E-state index contributed by atoms with van der Waals surface area (Å²) in [6.45, 7) is 0.638. The van der Waals surface area contributed by atoms with Gasteiger partial charge in [0.05, 0.1) is 11.3 Å². The van der Waals surface area contributed by atoms with E-state index in [9.17, 15) is 13.2 Å². The fourth-order valence-electron chi connectivity index (χ4n) is 2.57. The molecule has 1 aliphatic heterocycles. The van der Waals surface area contributed by atoms with E-state index in [-0.39, 0.29) is 17.2 Å². The van der Waals surface area contributed by atoms with Gasteiger partial charge in [0.15, 0.2) is 0 Å². The standard InChI is InChI=1S/C18H18ClN3O3S/c19-14-8-6-13(7-9-14)11-18(23)21-15-3-1-4-16(12-15)26(24,25)22-17-5-2-10-20-17/h1,3-4,6-9,12H,2,5,10-11H2,(H,20,22)(H,21,23). The first kappa shape index (κ1) is 18.4. The minimum absolute atomic E-state index is 0.0800. The number of anilines is 1. The Labute approximate surface area is 157 Å². The summed E-state index contributed by atoms with van der Waals surface area (Å²) in [6.07, 6.45) is 1.64. The van der Waals surface area contributed by atoms with Gasteiger partial charge in [-0.25, -0.2) is 8.42 Å². The molecule has 0 unspecified atom stereocenters. The smallest absolute Gasteiger partial charge is 0.262 e. The van der Waals surface area contributed by atoms with Gasteiger partial charge >= 0.3 is 0 Å². The lowest BCUT2D eigenvalue weighted by molar-refractivity contribution is -0.115. The zero-order valence-corrected chi connectivity index (χ0v) is 15.5. The molecule has 1 aliphatic rings. The molecule has 0 spiro atoms. The van der Waals surface area contributed by atoms with Crippen molar-refractivity contribution in [1.82, 2.24) is 4.72 Å². The Bertz CT molecular complexity index is 940. The van der Waals surface area contributed by atoms with Gasteiger partial charge in [-0.05, 0) is 42.3 Å². The van der Waals surface area contributed by atoms with Crippen LogP contribution in [0.25, 0.3) is 0 Å². The third-order valence-electron chi connectivity index (χ3n) is 3.83. The van der Waals surface area contributed by atoms with Crippen molar-refractivity contribution < 1.29 is 13.2 Å². The molecule has 1 heterocycles. The predicted octanol–water partition coefficient (Wildman–Crippen LogP) is 2.99. The molecule has 136 valence electrons. The molecule has 0 fully saturated rings. The molecule has 2 aromatic carbocycles. The highest BCUT2D eigenvalue weighted by atomic mass is 35.5. The fraction of sp³-hybridized carbons (Fsp3) is 0.222. The van der Waals surface area contributed by atoms with Gasteiger partial charge in [0.1, 0.15) is 5.84 Å². The van der Waals surface area contributed by atoms with E-state index in [2.05, 4.69) is 15.0 Å². The average molecular weight is 392 g/mol. The van der Waals surface area contributed by atoms with Crippen molar-refractivity contribution in [2.45, 2.75) is 24.2 Å². The van der Waals surface area contributed by atoms with Crippen LogP contribution in [0.2, 0.25) is 5.02 Å². The number of amidine groups is 1. The van der Waals surface area contributed by atoms with Crippen LogP contribution in [0.3, 0.4) is 0 Å². The van der Waals surface area contributed by atoms with Crippen LogP contribution in [0, 0.1) is 0 Å². The van der Waals surface area contributed by atoms with Crippen LogP contribution in [0.4, 0.5) is 5.69 Å². The van der Waals surface area contributed by atoms with Crippen molar-refractivity contribution in [2.75, 3.05) is 11.9 Å². The quantitative estimate of drug-likeness (QED) is 0.821. The number of sulfonamides is 1. The van der Waals surface area contributed by atoms with Gasteiger partial charge < -0.3 is 5.32 Å². The summed E-state index contributed by atoms with van der Waals surface area (Å²) < 4.78 is 27.4. The number of hydrogen-bond donors (Lipinski definition) is 2. The number of rotatable bonds is 5. The fourth-order valence-corrected chi connectivity index (χ4v) is 3.83.